The van der Waals surface area contributed by atoms with Crippen molar-refractivity contribution in [1.29, 1.82) is 0 Å². The highest BCUT2D eigenvalue weighted by Crippen LogP contribution is 2.18. The van der Waals surface area contributed by atoms with Gasteiger partial charge in [-0.25, -0.2) is 14.8 Å². The van der Waals surface area contributed by atoms with E-state index in [0.717, 1.165) is 42.6 Å². The fourth-order valence-corrected chi connectivity index (χ4v) is 3.59. The van der Waals surface area contributed by atoms with Crippen molar-refractivity contribution in [2.75, 3.05) is 36.4 Å². The molecule has 0 bridgehead atoms. The van der Waals surface area contributed by atoms with Gasteiger partial charge in [0.2, 0.25) is 0 Å². The van der Waals surface area contributed by atoms with Crippen molar-refractivity contribution in [3.8, 4) is 0 Å². The lowest BCUT2D eigenvalue weighted by atomic mass is 10.2. The van der Waals surface area contributed by atoms with Crippen molar-refractivity contribution >= 4 is 34.1 Å². The summed E-state index contributed by atoms with van der Waals surface area (Å²) in [7, 11) is 0. The van der Waals surface area contributed by atoms with Crippen LogP contribution in [0.1, 0.15) is 19.4 Å². The zero-order valence-corrected chi connectivity index (χ0v) is 17.1. The molecule has 3 rings (SSSR count). The van der Waals surface area contributed by atoms with Gasteiger partial charge < -0.3 is 26.2 Å². The molecular weight excluding hydrogens is 374 g/mol. The first kappa shape index (κ1) is 19.9. The normalized spacial score (nSPS) is 15.0. The lowest BCUT2D eigenvalue weighted by molar-refractivity contribution is 0.250. The second-order valence-corrected chi connectivity index (χ2v) is 7.79. The standard InChI is InChI=1S/C19H27N7OS/c1-14(2)23-18(27)24-16-5-3-15(4-6-16)13-22-17(20)25-8-10-26(11-9-25)19-21-7-12-28-19/h3-7,12,14H,8-11,13H2,1-2H3,(H2,20,22)(H2,23,24,27). The molecule has 8 nitrogen and oxygen atoms in total. The Kier molecular flexibility index (Phi) is 6.70. The number of carbonyl (C=O) groups excluding carboxylic acids is 1. The zero-order valence-electron chi connectivity index (χ0n) is 16.3. The van der Waals surface area contributed by atoms with E-state index < -0.39 is 0 Å². The molecule has 2 heterocycles. The molecule has 1 fully saturated rings. The van der Waals surface area contributed by atoms with Gasteiger partial charge in [-0.1, -0.05) is 12.1 Å². The van der Waals surface area contributed by atoms with Gasteiger partial charge in [0.05, 0.1) is 6.54 Å². The third-order valence-electron chi connectivity index (χ3n) is 4.35. The smallest absolute Gasteiger partial charge is 0.319 e. The van der Waals surface area contributed by atoms with Crippen LogP contribution in [0.4, 0.5) is 15.6 Å². The summed E-state index contributed by atoms with van der Waals surface area (Å²) in [5, 5.41) is 8.65. The Bertz CT molecular complexity index is 781. The maximum absolute atomic E-state index is 11.7. The number of piperazine rings is 1. The predicted molar refractivity (Wildman–Crippen MR) is 115 cm³/mol. The van der Waals surface area contributed by atoms with Gasteiger partial charge >= 0.3 is 6.03 Å². The summed E-state index contributed by atoms with van der Waals surface area (Å²) in [4.78, 5) is 25.0. The van der Waals surface area contributed by atoms with Crippen molar-refractivity contribution in [2.45, 2.75) is 26.4 Å². The van der Waals surface area contributed by atoms with Crippen LogP contribution in [-0.2, 0) is 6.54 Å². The second kappa shape index (κ2) is 9.41. The number of thiazole rings is 1. The van der Waals surface area contributed by atoms with E-state index in [1.165, 1.54) is 0 Å². The van der Waals surface area contributed by atoms with Crippen LogP contribution < -0.4 is 21.3 Å². The van der Waals surface area contributed by atoms with E-state index in [1.54, 1.807) is 11.3 Å². The number of nitrogens with one attached hydrogen (secondary N) is 2. The number of hydrogen-bond acceptors (Lipinski definition) is 5. The van der Waals surface area contributed by atoms with Gasteiger partial charge in [-0.05, 0) is 31.5 Å². The number of guanidine groups is 1. The highest BCUT2D eigenvalue weighted by atomic mass is 32.1. The average Bonchev–Trinajstić information content (AvgIpc) is 3.21. The SMILES string of the molecule is CC(C)NC(=O)Nc1ccc(CN=C(N)N2CCN(c3nccs3)CC2)cc1. The zero-order chi connectivity index (χ0) is 19.9. The summed E-state index contributed by atoms with van der Waals surface area (Å²) in [6.45, 7) is 7.81. The molecule has 0 spiro atoms. The van der Waals surface area contributed by atoms with Gasteiger partial charge in [0.1, 0.15) is 0 Å². The quantitative estimate of drug-likeness (QED) is 0.527. The molecule has 0 saturated carbocycles. The number of carbonyl (C=O) groups is 1. The minimum absolute atomic E-state index is 0.0972. The molecule has 150 valence electrons. The fourth-order valence-electron chi connectivity index (χ4n) is 2.89. The number of benzene rings is 1. The van der Waals surface area contributed by atoms with Crippen molar-refractivity contribution in [3.63, 3.8) is 0 Å². The number of hydrogen-bond donors (Lipinski definition) is 3. The Morgan fingerprint density at radius 2 is 1.96 bits per heavy atom. The number of anilines is 2. The lowest BCUT2D eigenvalue weighted by Crippen LogP contribution is -2.51. The Balaban J connectivity index is 1.47. The van der Waals surface area contributed by atoms with Crippen LogP contribution in [0, 0.1) is 0 Å². The van der Waals surface area contributed by atoms with Crippen LogP contribution in [0.3, 0.4) is 0 Å². The first-order valence-corrected chi connectivity index (χ1v) is 10.2. The van der Waals surface area contributed by atoms with Crippen LogP contribution >= 0.6 is 11.3 Å². The minimum atomic E-state index is -0.207. The molecule has 2 aromatic rings. The summed E-state index contributed by atoms with van der Waals surface area (Å²) in [6, 6.07) is 7.52. The number of urea groups is 1. The van der Waals surface area contributed by atoms with Crippen LogP contribution in [0.15, 0.2) is 40.8 Å². The van der Waals surface area contributed by atoms with E-state index in [1.807, 2.05) is 49.7 Å². The molecule has 1 aliphatic heterocycles. The Hall–Kier alpha value is -2.81. The second-order valence-electron chi connectivity index (χ2n) is 6.91. The molecule has 1 aromatic heterocycles. The van der Waals surface area contributed by atoms with Gasteiger partial charge in [0.15, 0.2) is 11.1 Å². The summed E-state index contributed by atoms with van der Waals surface area (Å²) in [5.74, 6) is 0.567. The molecule has 9 heteroatoms. The highest BCUT2D eigenvalue weighted by molar-refractivity contribution is 7.13. The molecular formula is C19H27N7OS. The fraction of sp³-hybridized carbons (Fsp3) is 0.421. The molecule has 4 N–H and O–H groups in total. The molecule has 2 amide bonds. The first-order chi connectivity index (χ1) is 13.5. The molecule has 1 aromatic carbocycles. The Labute approximate surface area is 169 Å². The minimum Gasteiger partial charge on any atom is -0.370 e. The van der Waals surface area contributed by atoms with Gasteiger partial charge in [0, 0.05) is 49.5 Å². The molecule has 0 radical (unpaired) electrons. The third-order valence-corrected chi connectivity index (χ3v) is 5.18. The Morgan fingerprint density at radius 3 is 2.57 bits per heavy atom. The van der Waals surface area contributed by atoms with Gasteiger partial charge in [-0.3, -0.25) is 0 Å². The monoisotopic (exact) mass is 401 g/mol. The van der Waals surface area contributed by atoms with Crippen molar-refractivity contribution in [1.82, 2.24) is 15.2 Å². The number of rotatable bonds is 5. The number of nitrogens with zero attached hydrogens (tertiary/aromatic N) is 4. The van der Waals surface area contributed by atoms with Crippen molar-refractivity contribution < 1.29 is 4.79 Å². The number of aromatic nitrogens is 1. The number of aliphatic imine (C=N–C) groups is 1. The van der Waals surface area contributed by atoms with Crippen LogP contribution in [-0.4, -0.2) is 54.1 Å². The molecule has 0 atom stereocenters. The summed E-state index contributed by atoms with van der Waals surface area (Å²) in [6.07, 6.45) is 1.83. The van der Waals surface area contributed by atoms with E-state index in [4.69, 9.17) is 5.73 Å². The van der Waals surface area contributed by atoms with Gasteiger partial charge in [-0.2, -0.15) is 0 Å². The number of nitrogens with two attached hydrogens (primary N) is 1. The predicted octanol–water partition coefficient (Wildman–Crippen LogP) is 2.31. The highest BCUT2D eigenvalue weighted by Gasteiger charge is 2.19. The van der Waals surface area contributed by atoms with Gasteiger partial charge in [-0.15, -0.1) is 11.3 Å². The summed E-state index contributed by atoms with van der Waals surface area (Å²) >= 11 is 1.66. The maximum Gasteiger partial charge on any atom is 0.319 e. The van der Waals surface area contributed by atoms with Crippen LogP contribution in [0.25, 0.3) is 0 Å². The first-order valence-electron chi connectivity index (χ1n) is 9.37. The summed E-state index contributed by atoms with van der Waals surface area (Å²) in [5.41, 5.74) is 7.97. The van der Waals surface area contributed by atoms with E-state index in [2.05, 4.69) is 30.4 Å². The Morgan fingerprint density at radius 1 is 1.25 bits per heavy atom. The van der Waals surface area contributed by atoms with Crippen molar-refractivity contribution in [2.24, 2.45) is 10.7 Å². The van der Waals surface area contributed by atoms with Gasteiger partial charge in [0.25, 0.3) is 0 Å². The lowest BCUT2D eigenvalue weighted by Gasteiger charge is -2.35. The average molecular weight is 402 g/mol. The molecule has 1 aliphatic rings. The van der Waals surface area contributed by atoms with Crippen molar-refractivity contribution in [3.05, 3.63) is 41.4 Å². The summed E-state index contributed by atoms with van der Waals surface area (Å²) < 4.78 is 0. The topological polar surface area (TPSA) is 98.9 Å². The van der Waals surface area contributed by atoms with Crippen LogP contribution in [0.2, 0.25) is 0 Å². The third kappa shape index (κ3) is 5.59. The molecule has 28 heavy (non-hydrogen) atoms. The van der Waals surface area contributed by atoms with E-state index >= 15 is 0 Å². The van der Waals surface area contributed by atoms with E-state index in [0.29, 0.717) is 12.5 Å². The molecule has 0 unspecified atom stereocenters. The number of amides is 2. The van der Waals surface area contributed by atoms with E-state index in [-0.39, 0.29) is 12.1 Å². The molecule has 1 saturated heterocycles. The maximum atomic E-state index is 11.7. The largest absolute Gasteiger partial charge is 0.370 e. The van der Waals surface area contributed by atoms with Crippen LogP contribution in [0.5, 0.6) is 0 Å². The van der Waals surface area contributed by atoms with E-state index in [9.17, 15) is 4.79 Å². The molecule has 0 aliphatic carbocycles.